The molecule has 4 nitrogen and oxygen atoms in total. The minimum atomic E-state index is -0.761. The zero-order valence-electron chi connectivity index (χ0n) is 23.5. The highest BCUT2D eigenvalue weighted by Gasteiger charge is 2.70. The molecule has 5 aliphatic carbocycles. The summed E-state index contributed by atoms with van der Waals surface area (Å²) < 4.78 is 0. The first-order valence-electron chi connectivity index (χ1n) is 14.5. The number of carboxylic acid groups (broad SMARTS) is 1. The third-order valence-electron chi connectivity index (χ3n) is 12.5. The summed E-state index contributed by atoms with van der Waals surface area (Å²) in [5.41, 5.74) is 0.139. The Labute approximate surface area is 217 Å². The Morgan fingerprint density at radius 3 is 2.36 bits per heavy atom. The molecule has 198 valence electrons. The molecule has 5 aliphatic rings. The Bertz CT molecular complexity index is 1080. The largest absolute Gasteiger partial charge is 0.481 e. The first-order valence-corrected chi connectivity index (χ1v) is 14.5. The lowest BCUT2D eigenvalue weighted by molar-refractivity contribution is -0.185. The van der Waals surface area contributed by atoms with Crippen LogP contribution < -0.4 is 0 Å². The van der Waals surface area contributed by atoms with Gasteiger partial charge in [0.15, 0.2) is 11.6 Å². The summed E-state index contributed by atoms with van der Waals surface area (Å²) in [6, 6.07) is 0. The van der Waals surface area contributed by atoms with Crippen molar-refractivity contribution >= 4 is 17.5 Å². The quantitative estimate of drug-likeness (QED) is 0.451. The molecule has 0 bridgehead atoms. The average molecular weight is 495 g/mol. The van der Waals surface area contributed by atoms with Crippen molar-refractivity contribution in [3.8, 4) is 0 Å². The fraction of sp³-hybridized carbons (Fsp3) is 0.781. The number of carbonyl (C=O) groups is 3. The van der Waals surface area contributed by atoms with Gasteiger partial charge in [-0.15, -0.1) is 0 Å². The minimum absolute atomic E-state index is 0.0966. The van der Waals surface area contributed by atoms with Crippen molar-refractivity contribution in [3.05, 3.63) is 23.3 Å². The van der Waals surface area contributed by atoms with E-state index in [4.69, 9.17) is 0 Å². The Kier molecular flexibility index (Phi) is 5.69. The van der Waals surface area contributed by atoms with Gasteiger partial charge in [0.2, 0.25) is 0 Å². The summed E-state index contributed by atoms with van der Waals surface area (Å²) in [5.74, 6) is 0.0240. The van der Waals surface area contributed by atoms with Crippen molar-refractivity contribution < 1.29 is 19.5 Å². The normalized spacial score (nSPS) is 47.5. The van der Waals surface area contributed by atoms with Crippen molar-refractivity contribution in [1.29, 1.82) is 0 Å². The number of hydrogen-bond donors (Lipinski definition) is 1. The summed E-state index contributed by atoms with van der Waals surface area (Å²) in [7, 11) is 0. The van der Waals surface area contributed by atoms with E-state index in [9.17, 15) is 19.5 Å². The Hall–Kier alpha value is -1.71. The second-order valence-electron chi connectivity index (χ2n) is 14.5. The van der Waals surface area contributed by atoms with Crippen LogP contribution in [-0.2, 0) is 14.4 Å². The molecular formula is C32H46O4. The Balaban J connectivity index is 1.69. The number of carbonyl (C=O) groups excluding carboxylic acids is 2. The number of fused-ring (bicyclic) bond motifs is 7. The van der Waals surface area contributed by atoms with Gasteiger partial charge in [-0.2, -0.15) is 0 Å². The number of Topliss-reactive ketones (excluding diaryl/α,β-unsaturated/α-hetero) is 1. The molecule has 3 saturated carbocycles. The standard InChI is InChI=1S/C32H46O4/c1-8-9-20-18-29(5)23(28(3,4)26(20)34)11-12-30(6)24(29)17-22(33)25-21-16-19(2)10-13-32(21,27(35)36)15-14-31(25,30)7/h17-19,21,23,25H,8-16H2,1-7H3,(H,35,36)/t19?,21?,23?,25?,29?,30?,31-,32?/m1/s1. The molecule has 0 aliphatic heterocycles. The second-order valence-corrected chi connectivity index (χ2v) is 14.5. The number of rotatable bonds is 3. The second kappa shape index (κ2) is 7.90. The van der Waals surface area contributed by atoms with E-state index in [0.717, 1.165) is 50.5 Å². The van der Waals surface area contributed by atoms with E-state index in [1.165, 1.54) is 5.57 Å². The molecule has 0 aromatic heterocycles. The molecule has 8 atom stereocenters. The van der Waals surface area contributed by atoms with Gasteiger partial charge in [-0.25, -0.2) is 0 Å². The van der Waals surface area contributed by atoms with Gasteiger partial charge in [0.05, 0.1) is 5.41 Å². The van der Waals surface area contributed by atoms with Gasteiger partial charge >= 0.3 is 5.97 Å². The lowest BCUT2D eigenvalue weighted by Gasteiger charge is -2.68. The maximum absolute atomic E-state index is 14.2. The maximum Gasteiger partial charge on any atom is 0.309 e. The number of aliphatic carboxylic acids is 1. The third-order valence-corrected chi connectivity index (χ3v) is 12.5. The predicted molar refractivity (Wildman–Crippen MR) is 141 cm³/mol. The van der Waals surface area contributed by atoms with Crippen LogP contribution in [0.15, 0.2) is 23.3 Å². The molecule has 0 heterocycles. The number of hydrogen-bond acceptors (Lipinski definition) is 3. The van der Waals surface area contributed by atoms with Crippen LogP contribution in [0.5, 0.6) is 0 Å². The molecule has 0 aromatic carbocycles. The van der Waals surface area contributed by atoms with Crippen molar-refractivity contribution in [2.75, 3.05) is 0 Å². The van der Waals surface area contributed by atoms with Crippen LogP contribution in [0.3, 0.4) is 0 Å². The Morgan fingerprint density at radius 1 is 1.03 bits per heavy atom. The van der Waals surface area contributed by atoms with Crippen molar-refractivity contribution in [3.63, 3.8) is 0 Å². The molecule has 0 aromatic rings. The van der Waals surface area contributed by atoms with Crippen molar-refractivity contribution in [2.24, 2.45) is 50.7 Å². The zero-order valence-corrected chi connectivity index (χ0v) is 23.5. The fourth-order valence-electron chi connectivity index (χ4n) is 10.4. The van der Waals surface area contributed by atoms with Gasteiger partial charge in [0.25, 0.3) is 0 Å². The van der Waals surface area contributed by atoms with E-state index >= 15 is 0 Å². The summed E-state index contributed by atoms with van der Waals surface area (Å²) in [6.45, 7) is 15.5. The molecule has 7 unspecified atom stereocenters. The van der Waals surface area contributed by atoms with E-state index in [-0.39, 0.29) is 45.6 Å². The number of carboxylic acids is 1. The summed E-state index contributed by atoms with van der Waals surface area (Å²) in [5, 5.41) is 10.5. The number of allylic oxidation sites excluding steroid dienone is 4. The Morgan fingerprint density at radius 2 is 1.72 bits per heavy atom. The predicted octanol–water partition coefficient (Wildman–Crippen LogP) is 7.18. The van der Waals surface area contributed by atoms with Crippen LogP contribution in [0.1, 0.15) is 106 Å². The van der Waals surface area contributed by atoms with Gasteiger partial charge < -0.3 is 5.11 Å². The van der Waals surface area contributed by atoms with Gasteiger partial charge in [0.1, 0.15) is 0 Å². The smallest absolute Gasteiger partial charge is 0.309 e. The molecule has 0 amide bonds. The van der Waals surface area contributed by atoms with E-state index in [2.05, 4.69) is 54.5 Å². The summed E-state index contributed by atoms with van der Waals surface area (Å²) in [6.07, 6.45) is 11.8. The highest BCUT2D eigenvalue weighted by molar-refractivity contribution is 6.02. The van der Waals surface area contributed by atoms with Gasteiger partial charge in [-0.1, -0.05) is 66.5 Å². The highest BCUT2D eigenvalue weighted by Crippen LogP contribution is 2.74. The van der Waals surface area contributed by atoms with Crippen LogP contribution in [-0.4, -0.2) is 22.6 Å². The van der Waals surface area contributed by atoms with E-state index < -0.39 is 16.8 Å². The van der Waals surface area contributed by atoms with Crippen LogP contribution >= 0.6 is 0 Å². The monoisotopic (exact) mass is 494 g/mol. The van der Waals surface area contributed by atoms with Crippen LogP contribution in [0.2, 0.25) is 0 Å². The van der Waals surface area contributed by atoms with Gasteiger partial charge in [-0.3, -0.25) is 14.4 Å². The molecule has 1 N–H and O–H groups in total. The third kappa shape index (κ3) is 3.02. The SMILES string of the molecule is CCCC1=CC2(C)C3=CC(=O)C4C5CC(C)CCC5(C(=O)O)CC[C@@]4(C)C3(C)CCC2C(C)(C)C1=O. The highest BCUT2D eigenvalue weighted by atomic mass is 16.4. The van der Waals surface area contributed by atoms with Crippen LogP contribution in [0.25, 0.3) is 0 Å². The lowest BCUT2D eigenvalue weighted by atomic mass is 9.34. The number of ketones is 2. The maximum atomic E-state index is 14.2. The summed E-state index contributed by atoms with van der Waals surface area (Å²) >= 11 is 0. The fourth-order valence-corrected chi connectivity index (χ4v) is 10.4. The van der Waals surface area contributed by atoms with Gasteiger partial charge in [0, 0.05) is 16.7 Å². The molecular weight excluding hydrogens is 448 g/mol. The van der Waals surface area contributed by atoms with Crippen LogP contribution in [0, 0.1) is 50.7 Å². The van der Waals surface area contributed by atoms with Crippen molar-refractivity contribution in [2.45, 2.75) is 106 Å². The molecule has 0 radical (unpaired) electrons. The van der Waals surface area contributed by atoms with Crippen molar-refractivity contribution in [1.82, 2.24) is 0 Å². The molecule has 36 heavy (non-hydrogen) atoms. The minimum Gasteiger partial charge on any atom is -0.481 e. The zero-order chi connectivity index (χ0) is 26.5. The topological polar surface area (TPSA) is 71.4 Å². The van der Waals surface area contributed by atoms with Gasteiger partial charge in [-0.05, 0) is 91.6 Å². The van der Waals surface area contributed by atoms with E-state index in [1.807, 2.05) is 6.08 Å². The average Bonchev–Trinajstić information content (AvgIpc) is 2.79. The van der Waals surface area contributed by atoms with E-state index in [1.54, 1.807) is 0 Å². The lowest BCUT2D eigenvalue weighted by Crippen LogP contribution is -2.65. The molecule has 0 saturated heterocycles. The van der Waals surface area contributed by atoms with E-state index in [0.29, 0.717) is 18.8 Å². The molecule has 0 spiro atoms. The summed E-state index contributed by atoms with van der Waals surface area (Å²) in [4.78, 5) is 40.5. The van der Waals surface area contributed by atoms with Crippen LogP contribution in [0.4, 0.5) is 0 Å². The molecule has 4 heteroatoms. The molecule has 5 rings (SSSR count). The first-order chi connectivity index (χ1) is 16.7. The molecule has 3 fully saturated rings. The first kappa shape index (κ1) is 25.9.